The van der Waals surface area contributed by atoms with Crippen LogP contribution in [0.1, 0.15) is 0 Å². The molecule has 0 bridgehead atoms. The van der Waals surface area contributed by atoms with Crippen molar-refractivity contribution in [1.29, 1.82) is 0 Å². The van der Waals surface area contributed by atoms with Gasteiger partial charge in [0.05, 0.1) is 19.8 Å². The molecule has 0 atom stereocenters. The van der Waals surface area contributed by atoms with Crippen LogP contribution in [0.2, 0.25) is 0 Å². The summed E-state index contributed by atoms with van der Waals surface area (Å²) in [5.74, 6) is -3.89. The van der Waals surface area contributed by atoms with Gasteiger partial charge in [-0.3, -0.25) is 0 Å². The molecule has 106 valence electrons. The van der Waals surface area contributed by atoms with Crippen molar-refractivity contribution in [3.8, 4) is 0 Å². The van der Waals surface area contributed by atoms with Gasteiger partial charge in [0, 0.05) is 6.54 Å². The number of hydrogen-bond donors (Lipinski definition) is 1. The largest absolute Gasteiger partial charge is 0.495 e. The van der Waals surface area contributed by atoms with E-state index in [1.165, 1.54) is 0 Å². The molecule has 10 heteroatoms. The molecule has 0 aliphatic rings. The van der Waals surface area contributed by atoms with Gasteiger partial charge >= 0.3 is 18.1 Å². The number of nitrogens with two attached hydrogens (primary N) is 1. The zero-order valence-electron chi connectivity index (χ0n) is 9.20. The number of carbonyl (C=O) groups is 2. The lowest BCUT2D eigenvalue weighted by Crippen LogP contribution is -2.27. The third-order valence-electron chi connectivity index (χ3n) is 1.30. The maximum atomic E-state index is 11.6. The normalized spacial score (nSPS) is 11.1. The minimum absolute atomic E-state index is 0.0162. The summed E-state index contributed by atoms with van der Waals surface area (Å²) in [7, 11) is 0. The summed E-state index contributed by atoms with van der Waals surface area (Å²) in [6.07, 6.45) is -5.22. The van der Waals surface area contributed by atoms with E-state index in [9.17, 15) is 22.8 Å². The van der Waals surface area contributed by atoms with Crippen LogP contribution in [0.5, 0.6) is 0 Å². The second kappa shape index (κ2) is 8.66. The Morgan fingerprint density at radius 2 is 1.61 bits per heavy atom. The van der Waals surface area contributed by atoms with Crippen molar-refractivity contribution in [2.24, 2.45) is 5.73 Å². The Morgan fingerprint density at radius 3 is 2.17 bits per heavy atom. The number of ether oxygens (including phenoxy) is 2. The first kappa shape index (κ1) is 16.6. The zero-order valence-corrected chi connectivity index (χ0v) is 9.20. The lowest BCUT2D eigenvalue weighted by Gasteiger charge is -2.06. The van der Waals surface area contributed by atoms with Crippen LogP contribution in [0.4, 0.5) is 13.2 Å². The van der Waals surface area contributed by atoms with Gasteiger partial charge in [0.1, 0.15) is 6.61 Å². The topological polar surface area (TPSA) is 97.1 Å². The molecular weight excluding hydrogens is 263 g/mol. The Balaban J connectivity index is 3.52. The maximum Gasteiger partial charge on any atom is 0.495 e. The SMILES string of the molecule is NCCOCCOCC(=O)OOC(=O)C(F)(F)F. The molecule has 0 unspecified atom stereocenters. The minimum Gasteiger partial charge on any atom is -0.378 e. The predicted molar refractivity (Wildman–Crippen MR) is 48.9 cm³/mol. The van der Waals surface area contributed by atoms with Gasteiger partial charge in [-0.05, 0) is 0 Å². The summed E-state index contributed by atoms with van der Waals surface area (Å²) in [6.45, 7) is 0.151. The molecule has 0 aliphatic carbocycles. The van der Waals surface area contributed by atoms with Crippen LogP contribution in [-0.2, 0) is 28.8 Å². The Kier molecular flexibility index (Phi) is 8.00. The fourth-order valence-corrected chi connectivity index (χ4v) is 0.614. The van der Waals surface area contributed by atoms with E-state index in [0.29, 0.717) is 13.2 Å². The molecule has 7 nitrogen and oxygen atoms in total. The van der Waals surface area contributed by atoms with Crippen molar-refractivity contribution in [3.63, 3.8) is 0 Å². The van der Waals surface area contributed by atoms with E-state index >= 15 is 0 Å². The van der Waals surface area contributed by atoms with Crippen molar-refractivity contribution >= 4 is 11.9 Å². The highest BCUT2D eigenvalue weighted by atomic mass is 19.4. The molecule has 0 fully saturated rings. The first-order valence-corrected chi connectivity index (χ1v) is 4.72. The second-order valence-electron chi connectivity index (χ2n) is 2.78. The fourth-order valence-electron chi connectivity index (χ4n) is 0.614. The lowest BCUT2D eigenvalue weighted by molar-refractivity contribution is -0.287. The van der Waals surface area contributed by atoms with Gasteiger partial charge < -0.3 is 15.2 Å². The smallest absolute Gasteiger partial charge is 0.378 e. The van der Waals surface area contributed by atoms with Crippen molar-refractivity contribution < 1.29 is 42.0 Å². The summed E-state index contributed by atoms with van der Waals surface area (Å²) < 4.78 is 44.3. The molecule has 18 heavy (non-hydrogen) atoms. The Hall–Kier alpha value is -1.39. The molecule has 2 N–H and O–H groups in total. The molecule has 0 aromatic rings. The Bertz CT molecular complexity index is 270. The number of rotatable bonds is 7. The quantitative estimate of drug-likeness (QED) is 0.381. The van der Waals surface area contributed by atoms with Crippen LogP contribution in [0, 0.1) is 0 Å². The summed E-state index contributed by atoms with van der Waals surface area (Å²) in [5.41, 5.74) is 5.11. The third kappa shape index (κ3) is 8.73. The molecule has 0 rings (SSSR count). The summed E-state index contributed by atoms with van der Waals surface area (Å²) in [4.78, 5) is 27.6. The molecule has 0 aromatic heterocycles. The standard InChI is InChI=1S/C8H12F3NO6/c9-8(10,11)7(14)18-17-6(13)5-16-4-3-15-2-1-12/h1-5,12H2. The number of carbonyl (C=O) groups excluding carboxylic acids is 2. The highest BCUT2D eigenvalue weighted by Gasteiger charge is 2.43. The summed E-state index contributed by atoms with van der Waals surface area (Å²) >= 11 is 0. The van der Waals surface area contributed by atoms with E-state index in [1.807, 2.05) is 0 Å². The minimum atomic E-state index is -5.22. The number of alkyl halides is 3. The van der Waals surface area contributed by atoms with E-state index in [0.717, 1.165) is 0 Å². The first-order valence-electron chi connectivity index (χ1n) is 4.72. The highest BCUT2D eigenvalue weighted by Crippen LogP contribution is 2.16. The Morgan fingerprint density at radius 1 is 1.00 bits per heavy atom. The molecule has 0 aliphatic heterocycles. The molecule has 0 heterocycles. The van der Waals surface area contributed by atoms with E-state index in [4.69, 9.17) is 10.5 Å². The van der Waals surface area contributed by atoms with Gasteiger partial charge in [0.2, 0.25) is 0 Å². The monoisotopic (exact) mass is 275 g/mol. The van der Waals surface area contributed by atoms with Gasteiger partial charge in [-0.25, -0.2) is 19.4 Å². The maximum absolute atomic E-state index is 11.6. The number of halogens is 3. The number of hydrogen-bond acceptors (Lipinski definition) is 7. The van der Waals surface area contributed by atoms with Gasteiger partial charge in [0.15, 0.2) is 0 Å². The van der Waals surface area contributed by atoms with Crippen molar-refractivity contribution in [3.05, 3.63) is 0 Å². The van der Waals surface area contributed by atoms with Crippen LogP contribution >= 0.6 is 0 Å². The predicted octanol–water partition coefficient (Wildman–Crippen LogP) is -0.458. The van der Waals surface area contributed by atoms with Crippen LogP contribution in [0.25, 0.3) is 0 Å². The summed E-state index contributed by atoms with van der Waals surface area (Å²) in [6, 6.07) is 0. The second-order valence-corrected chi connectivity index (χ2v) is 2.78. The fraction of sp³-hybridized carbons (Fsp3) is 0.750. The van der Waals surface area contributed by atoms with E-state index in [2.05, 4.69) is 14.5 Å². The van der Waals surface area contributed by atoms with Gasteiger partial charge in [-0.1, -0.05) is 0 Å². The molecular formula is C8H12F3NO6. The van der Waals surface area contributed by atoms with Gasteiger partial charge in [0.25, 0.3) is 0 Å². The van der Waals surface area contributed by atoms with Crippen LogP contribution in [0.15, 0.2) is 0 Å². The van der Waals surface area contributed by atoms with Crippen LogP contribution < -0.4 is 5.73 Å². The average Bonchev–Trinajstić information content (AvgIpc) is 2.29. The molecule has 0 saturated heterocycles. The van der Waals surface area contributed by atoms with Crippen molar-refractivity contribution in [2.45, 2.75) is 6.18 Å². The van der Waals surface area contributed by atoms with Crippen LogP contribution in [-0.4, -0.2) is 51.1 Å². The van der Waals surface area contributed by atoms with Crippen LogP contribution in [0.3, 0.4) is 0 Å². The molecule has 0 spiro atoms. The van der Waals surface area contributed by atoms with Gasteiger partial charge in [-0.15, -0.1) is 0 Å². The van der Waals surface area contributed by atoms with Crippen molar-refractivity contribution in [1.82, 2.24) is 0 Å². The van der Waals surface area contributed by atoms with Gasteiger partial charge in [-0.2, -0.15) is 13.2 Å². The molecule has 0 aromatic carbocycles. The molecule has 0 radical (unpaired) electrons. The zero-order chi connectivity index (χ0) is 14.0. The highest BCUT2D eigenvalue weighted by molar-refractivity contribution is 5.77. The van der Waals surface area contributed by atoms with E-state index < -0.39 is 24.7 Å². The lowest BCUT2D eigenvalue weighted by atomic mass is 10.7. The summed E-state index contributed by atoms with van der Waals surface area (Å²) in [5, 5.41) is 0. The van der Waals surface area contributed by atoms with E-state index in [1.54, 1.807) is 0 Å². The molecule has 0 saturated carbocycles. The molecule has 0 amide bonds. The average molecular weight is 275 g/mol. The third-order valence-corrected chi connectivity index (χ3v) is 1.30. The van der Waals surface area contributed by atoms with Crippen molar-refractivity contribution in [2.75, 3.05) is 33.0 Å². The van der Waals surface area contributed by atoms with E-state index in [-0.39, 0.29) is 13.2 Å². The Labute approximate surface area is 99.8 Å². The first-order chi connectivity index (χ1) is 8.38.